The Labute approximate surface area is 95.1 Å². The number of hydrogen-bond donors (Lipinski definition) is 0. The normalized spacial score (nSPS) is 14.1. The second kappa shape index (κ2) is 7.67. The molecule has 0 aliphatic rings. The zero-order valence-corrected chi connectivity index (χ0v) is 11.4. The van der Waals surface area contributed by atoms with Crippen LogP contribution in [0.5, 0.6) is 0 Å². The first-order valence-corrected chi connectivity index (χ1v) is 8.39. The molecule has 0 radical (unpaired) electrons. The van der Waals surface area contributed by atoms with Gasteiger partial charge in [-0.05, 0) is 31.5 Å². The van der Waals surface area contributed by atoms with Crippen LogP contribution in [0.4, 0.5) is 0 Å². The Hall–Kier alpha value is -0.593. The average Bonchev–Trinajstić information content (AvgIpc) is 2.26. The van der Waals surface area contributed by atoms with Crippen LogP contribution in [0.3, 0.4) is 0 Å². The Kier molecular flexibility index (Phi) is 7.36. The Morgan fingerprint density at radius 1 is 1.27 bits per heavy atom. The van der Waals surface area contributed by atoms with Gasteiger partial charge in [0.25, 0.3) is 0 Å². The van der Waals surface area contributed by atoms with E-state index >= 15 is 0 Å². The van der Waals surface area contributed by atoms with Gasteiger partial charge in [-0.1, -0.05) is 26.8 Å². The highest BCUT2D eigenvalue weighted by Gasteiger charge is 2.30. The number of allylic oxidation sites excluding steroid dienone is 1. The lowest BCUT2D eigenvalue weighted by molar-refractivity contribution is 0.209. The summed E-state index contributed by atoms with van der Waals surface area (Å²) in [5.74, 6) is 0. The van der Waals surface area contributed by atoms with Gasteiger partial charge in [0.2, 0.25) is 0 Å². The number of nitriles is 1. The molecule has 0 amide bonds. The number of rotatable bonds is 7. The lowest BCUT2D eigenvalue weighted by Crippen LogP contribution is -2.38. The third-order valence-electron chi connectivity index (χ3n) is 3.04. The molecule has 1 atom stereocenters. The summed E-state index contributed by atoms with van der Waals surface area (Å²) in [6, 6.07) is 5.56. The van der Waals surface area contributed by atoms with Crippen molar-refractivity contribution in [2.24, 2.45) is 0 Å². The van der Waals surface area contributed by atoms with Crippen molar-refractivity contribution < 1.29 is 4.43 Å². The molecule has 0 saturated heterocycles. The molecule has 0 aliphatic carbocycles. The van der Waals surface area contributed by atoms with Gasteiger partial charge in [-0.2, -0.15) is 5.26 Å². The fraction of sp³-hybridized carbons (Fsp3) is 0.750. The summed E-state index contributed by atoms with van der Waals surface area (Å²) in [6.07, 6.45) is 4.53. The van der Waals surface area contributed by atoms with Gasteiger partial charge >= 0.3 is 0 Å². The molecule has 0 rings (SSSR count). The van der Waals surface area contributed by atoms with E-state index < -0.39 is 8.32 Å². The maximum Gasteiger partial charge on any atom is 0.192 e. The zero-order chi connectivity index (χ0) is 11.7. The molecule has 0 N–H and O–H groups in total. The van der Waals surface area contributed by atoms with Crippen LogP contribution in [0.15, 0.2) is 12.2 Å². The van der Waals surface area contributed by atoms with E-state index in [0.29, 0.717) is 0 Å². The zero-order valence-electron chi connectivity index (χ0n) is 10.4. The molecule has 0 aromatic carbocycles. The second-order valence-corrected chi connectivity index (χ2v) is 8.66. The van der Waals surface area contributed by atoms with Gasteiger partial charge in [0.05, 0.1) is 6.07 Å². The van der Waals surface area contributed by atoms with E-state index in [2.05, 4.69) is 27.7 Å². The monoisotopic (exact) mass is 225 g/mol. The smallest absolute Gasteiger partial charge is 0.192 e. The van der Waals surface area contributed by atoms with E-state index in [-0.39, 0.29) is 6.10 Å². The first-order valence-electron chi connectivity index (χ1n) is 5.86. The fourth-order valence-corrected chi connectivity index (χ4v) is 4.74. The molecule has 0 aliphatic heterocycles. The van der Waals surface area contributed by atoms with E-state index in [1.165, 1.54) is 24.2 Å². The molecule has 0 spiro atoms. The molecule has 0 aromatic heterocycles. The summed E-state index contributed by atoms with van der Waals surface area (Å²) in [5, 5.41) is 8.38. The van der Waals surface area contributed by atoms with Crippen LogP contribution in [0.1, 0.15) is 34.1 Å². The van der Waals surface area contributed by atoms with Crippen molar-refractivity contribution in [1.29, 1.82) is 5.26 Å². The van der Waals surface area contributed by atoms with E-state index in [0.717, 1.165) is 6.42 Å². The van der Waals surface area contributed by atoms with Crippen molar-refractivity contribution in [3.8, 4) is 6.07 Å². The molecule has 1 unspecified atom stereocenters. The molecular formula is C12H23NOSi. The van der Waals surface area contributed by atoms with Gasteiger partial charge in [-0.3, -0.25) is 0 Å². The van der Waals surface area contributed by atoms with Crippen molar-refractivity contribution in [3.05, 3.63) is 12.2 Å². The van der Waals surface area contributed by atoms with Crippen LogP contribution in [-0.4, -0.2) is 14.4 Å². The third-order valence-corrected chi connectivity index (χ3v) is 7.81. The topological polar surface area (TPSA) is 33.0 Å². The molecule has 86 valence electrons. The van der Waals surface area contributed by atoms with Crippen LogP contribution >= 0.6 is 0 Å². The quantitative estimate of drug-likeness (QED) is 0.487. The lowest BCUT2D eigenvalue weighted by Gasteiger charge is -2.31. The minimum absolute atomic E-state index is 0.251. The summed E-state index contributed by atoms with van der Waals surface area (Å²) in [6.45, 7) is 8.80. The van der Waals surface area contributed by atoms with Crippen LogP contribution in [0, 0.1) is 11.3 Å². The van der Waals surface area contributed by atoms with Crippen molar-refractivity contribution in [2.75, 3.05) is 0 Å². The number of hydrogen-bond acceptors (Lipinski definition) is 2. The Bertz CT molecular complexity index is 220. The average molecular weight is 225 g/mol. The largest absolute Gasteiger partial charge is 0.414 e. The SMILES string of the molecule is CC[Si](CC)(CC)OC(C)C/C=C\C#N. The highest BCUT2D eigenvalue weighted by atomic mass is 28.4. The number of nitrogens with zero attached hydrogens (tertiary/aromatic N) is 1. The van der Waals surface area contributed by atoms with Gasteiger partial charge in [-0.25, -0.2) is 0 Å². The van der Waals surface area contributed by atoms with E-state index in [9.17, 15) is 0 Å². The highest BCUT2D eigenvalue weighted by molar-refractivity contribution is 6.73. The van der Waals surface area contributed by atoms with Crippen molar-refractivity contribution in [3.63, 3.8) is 0 Å². The van der Waals surface area contributed by atoms with Crippen LogP contribution in [0.2, 0.25) is 18.1 Å². The second-order valence-electron chi connectivity index (χ2n) is 3.94. The molecular weight excluding hydrogens is 202 g/mol. The fourth-order valence-electron chi connectivity index (χ4n) is 1.79. The Morgan fingerprint density at radius 3 is 2.20 bits per heavy atom. The molecule has 0 aromatic rings. The van der Waals surface area contributed by atoms with E-state index in [1.54, 1.807) is 0 Å². The molecule has 0 heterocycles. The summed E-state index contributed by atoms with van der Waals surface area (Å²) in [5.41, 5.74) is 0. The third kappa shape index (κ3) is 5.15. The van der Waals surface area contributed by atoms with Crippen LogP contribution < -0.4 is 0 Å². The van der Waals surface area contributed by atoms with Gasteiger partial charge in [0.1, 0.15) is 0 Å². The highest BCUT2D eigenvalue weighted by Crippen LogP contribution is 2.24. The van der Waals surface area contributed by atoms with E-state index in [4.69, 9.17) is 9.69 Å². The van der Waals surface area contributed by atoms with Gasteiger partial charge in [0, 0.05) is 12.2 Å². The van der Waals surface area contributed by atoms with Crippen molar-refractivity contribution in [2.45, 2.75) is 58.4 Å². The van der Waals surface area contributed by atoms with Gasteiger partial charge in [-0.15, -0.1) is 0 Å². The summed E-state index contributed by atoms with van der Waals surface area (Å²) in [4.78, 5) is 0. The minimum Gasteiger partial charge on any atom is -0.414 e. The predicted octanol–water partition coefficient (Wildman–Crippen LogP) is 3.87. The lowest BCUT2D eigenvalue weighted by atomic mass is 10.3. The Balaban J connectivity index is 4.17. The first kappa shape index (κ1) is 14.4. The maximum atomic E-state index is 8.38. The molecule has 0 bridgehead atoms. The minimum atomic E-state index is -1.46. The first-order chi connectivity index (χ1) is 7.14. The molecule has 3 heteroatoms. The van der Waals surface area contributed by atoms with Gasteiger partial charge < -0.3 is 4.43 Å². The summed E-state index contributed by atoms with van der Waals surface area (Å²) in [7, 11) is -1.46. The van der Waals surface area contributed by atoms with Crippen LogP contribution in [0.25, 0.3) is 0 Å². The summed E-state index contributed by atoms with van der Waals surface area (Å²) < 4.78 is 6.21. The molecule has 0 fully saturated rings. The van der Waals surface area contributed by atoms with Gasteiger partial charge in [0.15, 0.2) is 8.32 Å². The molecule has 2 nitrogen and oxygen atoms in total. The maximum absolute atomic E-state index is 8.38. The standard InChI is InChI=1S/C12H23NOSi/c1-5-15(6-2,7-3)14-12(4)10-8-9-11-13/h8-9,12H,5-7,10H2,1-4H3/b9-8-. The molecule has 15 heavy (non-hydrogen) atoms. The van der Waals surface area contributed by atoms with Crippen molar-refractivity contribution >= 4 is 8.32 Å². The predicted molar refractivity (Wildman–Crippen MR) is 67.1 cm³/mol. The van der Waals surface area contributed by atoms with Crippen molar-refractivity contribution in [1.82, 2.24) is 0 Å². The van der Waals surface area contributed by atoms with E-state index in [1.807, 2.05) is 12.1 Å². The van der Waals surface area contributed by atoms with Crippen LogP contribution in [-0.2, 0) is 4.43 Å². The molecule has 0 saturated carbocycles. The summed E-state index contributed by atoms with van der Waals surface area (Å²) >= 11 is 0. The Morgan fingerprint density at radius 2 is 1.80 bits per heavy atom.